The van der Waals surface area contributed by atoms with E-state index in [9.17, 15) is 217 Å². The normalized spacial score (nSPS) is 21.1. The van der Waals surface area contributed by atoms with Gasteiger partial charge in [0.2, 0.25) is 166 Å². The van der Waals surface area contributed by atoms with Gasteiger partial charge < -0.3 is 102 Å². The number of rotatable bonds is 55. The van der Waals surface area contributed by atoms with Gasteiger partial charge in [0.25, 0.3) is 11.8 Å². The minimum Gasteiger partial charge on any atom is -0.726 e. The van der Waals surface area contributed by atoms with Crippen molar-refractivity contribution < 1.29 is 776 Å². The van der Waals surface area contributed by atoms with E-state index in [0.29, 0.717) is 0 Å². The molecule has 2 amide bonds. The van der Waals surface area contributed by atoms with Crippen LogP contribution in [0.2, 0.25) is 0 Å². The summed E-state index contributed by atoms with van der Waals surface area (Å²) in [4.78, 5) is 27.9. The summed E-state index contributed by atoms with van der Waals surface area (Å²) < 4.78 is 655. The van der Waals surface area contributed by atoms with Gasteiger partial charge in [0.15, 0.2) is 37.0 Å². The average molecular weight is 2430 g/mol. The first kappa shape index (κ1) is 180. The number of amides is 2. The van der Waals surface area contributed by atoms with E-state index in [4.69, 9.17) is 18.9 Å². The van der Waals surface area contributed by atoms with Gasteiger partial charge in [-0.05, 0) is 12.8 Å². The van der Waals surface area contributed by atoms with Gasteiger partial charge in [-0.1, -0.05) is 12.8 Å². The molecule has 0 aromatic carbocycles. The van der Waals surface area contributed by atoms with Crippen LogP contribution >= 0.6 is 0 Å². The molecule has 702 valence electrons. The van der Waals surface area contributed by atoms with Crippen molar-refractivity contribution in [3.05, 3.63) is 0 Å². The number of unbranched alkanes of at least 4 members (excludes halogenated alkanes) is 3. The van der Waals surface area contributed by atoms with E-state index in [2.05, 4.69) is 66.9 Å². The summed E-state index contributed by atoms with van der Waals surface area (Å²) in [5.41, 5.74) is 0. The zero-order valence-corrected chi connectivity index (χ0v) is 116. The Kier molecular flexibility index (Phi) is 101. The monoisotopic (exact) mass is 2430 g/mol. The first-order valence-electron chi connectivity index (χ1n) is 27.5. The van der Waals surface area contributed by atoms with Crippen molar-refractivity contribution in [1.29, 1.82) is 0 Å². The van der Waals surface area contributed by atoms with Crippen LogP contribution in [-0.2, 0) is 262 Å². The van der Waals surface area contributed by atoms with E-state index in [0.717, 1.165) is 0 Å². The van der Waals surface area contributed by atoms with Crippen molar-refractivity contribution in [2.45, 2.75) is 136 Å². The Morgan fingerprint density at radius 2 is 0.440 bits per heavy atom. The van der Waals surface area contributed by atoms with Crippen molar-refractivity contribution in [1.82, 2.24) is 10.6 Å². The van der Waals surface area contributed by atoms with Crippen molar-refractivity contribution in [3.63, 3.8) is 0 Å². The molecule has 2 saturated heterocycles. The van der Waals surface area contributed by atoms with Crippen molar-refractivity contribution >= 4 is 178 Å². The molecule has 0 saturated carbocycles. The molecule has 0 aromatic heterocycles. The minimum atomic E-state index is -7.16. The third kappa shape index (κ3) is 84.8. The van der Waals surface area contributed by atoms with Crippen LogP contribution in [0.5, 0.6) is 0 Å². The molecule has 2 rings (SSSR count). The summed E-state index contributed by atoms with van der Waals surface area (Å²) >= 11 is 0. The third-order valence-electron chi connectivity index (χ3n) is 12.2. The van der Waals surface area contributed by atoms with Gasteiger partial charge in [-0.15, -0.1) is 0 Å². The Morgan fingerprint density at radius 1 is 0.239 bits per heavy atom. The van der Waals surface area contributed by atoms with Crippen LogP contribution in [0.1, 0.15) is 25.7 Å². The Morgan fingerprint density at radius 3 is 0.634 bits per heavy atom. The Hall–Kier alpha value is 12.7. The molecule has 0 aliphatic carbocycles. The first-order chi connectivity index (χ1) is 52.3. The number of carbonyl (C=O) groups excluding carboxylic acids is 2. The molecule has 134 heavy (non-hydrogen) atoms. The summed E-state index contributed by atoms with van der Waals surface area (Å²) in [7, 11) is -109. The minimum absolute atomic E-state index is 0. The van der Waals surface area contributed by atoms with Gasteiger partial charge in [-0.25, -0.2) is 135 Å². The van der Waals surface area contributed by atoms with Crippen molar-refractivity contribution in [2.24, 2.45) is 0 Å². The van der Waals surface area contributed by atoms with Gasteiger partial charge in [0.05, 0.1) is 26.4 Å². The maximum Gasteiger partial charge on any atom is 1.00 e. The molecule has 0 unspecified atom stereocenters. The number of carbonyl (C=O) groups is 2. The zero-order chi connectivity index (χ0) is 92.2. The number of hydrogen-bond donors (Lipinski definition) is 2. The third-order valence-corrected chi connectivity index (χ3v) is 19.4. The fourth-order valence-corrected chi connectivity index (χ4v) is 15.8. The summed E-state index contributed by atoms with van der Waals surface area (Å²) in [6.07, 6.45) is -75.8. The molecule has 0 bridgehead atoms. The maximum absolute atomic E-state index is 13.9. The second-order valence-corrected chi connectivity index (χ2v) is 37.1. The molecule has 18 atom stereocenters. The van der Waals surface area contributed by atoms with Crippen LogP contribution < -0.4 is 484 Å². The molecule has 0 radical (unpaired) electrons. The molecule has 2 aliphatic rings. The van der Waals surface area contributed by atoms with Crippen molar-refractivity contribution in [3.8, 4) is 0 Å². The van der Waals surface area contributed by atoms with Gasteiger partial charge in [-0.3, -0.25) is 76.5 Å². The summed E-state index contributed by atoms with van der Waals surface area (Å²) in [6.45, 7) is -13.1. The van der Waals surface area contributed by atoms with Gasteiger partial charge in [0.1, 0.15) is 73.2 Å². The van der Waals surface area contributed by atoms with Gasteiger partial charge >= 0.3 is 473 Å². The van der Waals surface area contributed by atoms with E-state index in [1.807, 2.05) is 0 Å². The molecule has 72 nitrogen and oxygen atoms in total. The first-order valence-corrected chi connectivity index (χ1v) is 48.9. The van der Waals surface area contributed by atoms with E-state index in [1.54, 1.807) is 0 Å². The second-order valence-electron chi connectivity index (χ2n) is 20.7. The Labute approximate surface area is 1120 Å². The Bertz CT molecular complexity index is 5160. The van der Waals surface area contributed by atoms with E-state index < -0.39 is 354 Å². The van der Waals surface area contributed by atoms with Crippen LogP contribution in [0.15, 0.2) is 0 Å². The predicted molar refractivity (Wildman–Crippen MR) is 309 cm³/mol. The summed E-state index contributed by atoms with van der Waals surface area (Å²) in [5.74, 6) is -5.33. The smallest absolute Gasteiger partial charge is 0.726 e. The number of hydrogen-bond acceptors (Lipinski definition) is 70. The molecule has 0 spiro atoms. The standard InChI is InChI=1S/C30H56N2O70S16.16Na/c33-27(23(99-115(71,72)73)19(95-111(59,60)61)15(13(91-107(47,48)49)9-85-105(41,42)43)89-29-25(101-117(77,78)79)21(97-113(65,66)67)17(93-109(53,54)55)11(87-29)7-83-103(35,36)37)31-5-3-1-2-4-6-32-28(34)24(100-116(74,75)76)20(96-112(62,63)64)16(14(92-108(50,51)52)10-86-106(44,45)46)90-30-26(102-118(80,81)82)22(98-114(68,69)70)18(94-110(56,57)58)12(88-30)8-84-104(38,39)40;;;;;;;;;;;;;;;;/h11-26,29-30H,1-10H2,(H,31,33)(H,32,34)(H,35,36,37)(H,38,39,40)(H,41,42,43)(H,44,45,46)(H,47,48,49)(H,50,51,52)(H,53,54,55)(H,56,57,58)(H,59,60,61)(H,62,63,64)(H,65,66,67)(H,68,69,70)(H,71,72,73)(H,74,75,76)(H,77,78,79)(H,80,81,82);;;;;;;;;;;;;;;;/q;16*+1/p-16/t11-,12-,13-,14-,15-,16-,17+,18+,19+,20+,21+,22+,23-,24-,25-,26-,29+,30+;;;;;;;;;;;;;;;;/m1................/s1. The summed E-state index contributed by atoms with van der Waals surface area (Å²) in [6, 6.07) is 0. The van der Waals surface area contributed by atoms with Crippen LogP contribution in [-0.4, -0.2) is 369 Å². The van der Waals surface area contributed by atoms with Gasteiger partial charge in [0, 0.05) is 13.1 Å². The van der Waals surface area contributed by atoms with Crippen LogP contribution in [0, 0.1) is 0 Å². The maximum atomic E-state index is 13.9. The molecule has 2 fully saturated rings. The fraction of sp³-hybridized carbons (Fsp3) is 0.933. The quantitative estimate of drug-likeness (QED) is 0.0247. The number of ether oxygens (including phenoxy) is 4. The largest absolute Gasteiger partial charge is 1.00 e. The second kappa shape index (κ2) is 75.7. The van der Waals surface area contributed by atoms with Crippen LogP contribution in [0.3, 0.4) is 0 Å². The average Bonchev–Trinajstić information content (AvgIpc) is 0.762. The Balaban J connectivity index is -0.000000681. The number of nitrogens with one attached hydrogen (secondary N) is 2. The SMILES string of the molecule is O=C(NCCCCCCNC(=O)[C@H](OS(=O)(=O)[O-])[C@@H](OS(=O)(=O)[O-])[C@H](O[C@@H]1O[C@H](COS(=O)(=O)[O-])[C@H](OS(=O)(=O)[O-])[C@H](OS(=O)(=O)[O-])[C@H]1OS(=O)(=O)[O-])[C@@H](COS(=O)(=O)[O-])OS(=O)(=O)[O-])[C@H](OS(=O)(=O)[O-])[C@@H](OS(=O)(=O)[O-])[C@H](O[C@@H]1O[C@H](COS(=O)(=O)[O-])[C@H](OS(=O)(=O)[O-])[C@H](OS(=O)(=O)[O-])[C@H]1OS(=O)(=O)[O-])[C@@H](COS(=O)(=O)[O-])OS(=O)(=O)[O-].[Na+].[Na+].[Na+].[Na+].[Na+].[Na+].[Na+].[Na+].[Na+].[Na+].[Na+].[Na+].[Na+].[Na+].[Na+].[Na+]. The van der Waals surface area contributed by atoms with Crippen LogP contribution in [0.4, 0.5) is 0 Å². The summed E-state index contributed by atoms with van der Waals surface area (Å²) in [5, 5.41) is 2.85. The van der Waals surface area contributed by atoms with Gasteiger partial charge in [-0.2, -0.15) is 0 Å². The van der Waals surface area contributed by atoms with E-state index in [1.165, 1.54) is 10.6 Å². The molecule has 0 aromatic rings. The van der Waals surface area contributed by atoms with Crippen LogP contribution in [0.25, 0.3) is 0 Å². The molecule has 104 heteroatoms. The van der Waals surface area contributed by atoms with E-state index in [-0.39, 0.29) is 473 Å². The molecule has 2 N–H and O–H groups in total. The van der Waals surface area contributed by atoms with Crippen molar-refractivity contribution in [2.75, 3.05) is 39.5 Å². The molecule has 2 aliphatic heterocycles. The molecular weight excluding hydrogens is 2390 g/mol. The molecule has 2 heterocycles. The zero-order valence-electron chi connectivity index (χ0n) is 70.6. The topological polar surface area (TPSA) is 1160 Å². The predicted octanol–water partition coefficient (Wildman–Crippen LogP) is -66.9. The van der Waals surface area contributed by atoms with E-state index >= 15 is 0 Å². The molecular formula is C30H40N2Na16O70S16. The fourth-order valence-electron chi connectivity index (χ4n) is 8.84.